The molecule has 0 spiro atoms. The molecule has 1 aromatic carbocycles. The second-order valence-electron chi connectivity index (χ2n) is 5.02. The number of benzene rings is 1. The third-order valence-corrected chi connectivity index (χ3v) is 3.65. The second-order valence-corrected chi connectivity index (χ2v) is 5.42. The standard InChI is InChI=1S/C17H20ClN3O3/c1-23-15-10-14(16(24-2)9-13(15)18)21-17(22)5-8-20-11-12-3-6-19-7-4-12/h3-4,6-7,9-10,20H,5,8,11H2,1-2H3,(H,21,22). The van der Waals surface area contributed by atoms with Crippen LogP contribution in [0.15, 0.2) is 36.7 Å². The quantitative estimate of drug-likeness (QED) is 0.717. The highest BCUT2D eigenvalue weighted by molar-refractivity contribution is 6.32. The first-order valence-electron chi connectivity index (χ1n) is 7.45. The first-order chi connectivity index (χ1) is 11.6. The minimum atomic E-state index is -0.125. The van der Waals surface area contributed by atoms with Gasteiger partial charge in [0.05, 0.1) is 24.9 Å². The highest BCUT2D eigenvalue weighted by Gasteiger charge is 2.12. The maximum absolute atomic E-state index is 12.1. The van der Waals surface area contributed by atoms with Crippen LogP contribution < -0.4 is 20.1 Å². The zero-order valence-electron chi connectivity index (χ0n) is 13.6. The number of halogens is 1. The lowest BCUT2D eigenvalue weighted by molar-refractivity contribution is -0.116. The molecule has 0 bridgehead atoms. The number of amides is 1. The molecule has 0 saturated heterocycles. The van der Waals surface area contributed by atoms with Gasteiger partial charge in [-0.1, -0.05) is 11.6 Å². The van der Waals surface area contributed by atoms with Crippen molar-refractivity contribution in [3.63, 3.8) is 0 Å². The van der Waals surface area contributed by atoms with Gasteiger partial charge in [-0.2, -0.15) is 0 Å². The third-order valence-electron chi connectivity index (χ3n) is 3.36. The van der Waals surface area contributed by atoms with E-state index >= 15 is 0 Å². The van der Waals surface area contributed by atoms with Gasteiger partial charge in [-0.15, -0.1) is 0 Å². The van der Waals surface area contributed by atoms with Gasteiger partial charge in [0.15, 0.2) is 0 Å². The molecular formula is C17H20ClN3O3. The fourth-order valence-electron chi connectivity index (χ4n) is 2.11. The number of carbonyl (C=O) groups is 1. The Morgan fingerprint density at radius 3 is 2.54 bits per heavy atom. The van der Waals surface area contributed by atoms with E-state index in [1.165, 1.54) is 14.2 Å². The van der Waals surface area contributed by atoms with Gasteiger partial charge < -0.3 is 20.1 Å². The Morgan fingerprint density at radius 2 is 1.88 bits per heavy atom. The summed E-state index contributed by atoms with van der Waals surface area (Å²) in [5.74, 6) is 0.836. The summed E-state index contributed by atoms with van der Waals surface area (Å²) in [5.41, 5.74) is 1.65. The number of rotatable bonds is 8. The number of nitrogens with zero attached hydrogens (tertiary/aromatic N) is 1. The molecule has 0 saturated carbocycles. The van der Waals surface area contributed by atoms with Crippen LogP contribution in [-0.4, -0.2) is 31.7 Å². The molecule has 2 N–H and O–H groups in total. The van der Waals surface area contributed by atoms with E-state index in [2.05, 4.69) is 15.6 Å². The molecule has 0 unspecified atom stereocenters. The second kappa shape index (κ2) is 9.10. The van der Waals surface area contributed by atoms with Crippen LogP contribution in [0.25, 0.3) is 0 Å². The highest BCUT2D eigenvalue weighted by Crippen LogP contribution is 2.35. The van der Waals surface area contributed by atoms with Crippen LogP contribution in [-0.2, 0) is 11.3 Å². The molecule has 24 heavy (non-hydrogen) atoms. The zero-order valence-corrected chi connectivity index (χ0v) is 14.4. The number of carbonyl (C=O) groups excluding carboxylic acids is 1. The van der Waals surface area contributed by atoms with Gasteiger partial charge in [-0.05, 0) is 17.7 Å². The van der Waals surface area contributed by atoms with E-state index in [1.807, 2.05) is 12.1 Å². The number of aromatic nitrogens is 1. The lowest BCUT2D eigenvalue weighted by Crippen LogP contribution is -2.21. The topological polar surface area (TPSA) is 72.5 Å². The van der Waals surface area contributed by atoms with Crippen LogP contribution in [0.2, 0.25) is 5.02 Å². The molecule has 0 aliphatic heterocycles. The predicted molar refractivity (Wildman–Crippen MR) is 93.7 cm³/mol. The van der Waals surface area contributed by atoms with E-state index in [1.54, 1.807) is 24.5 Å². The molecule has 0 aliphatic carbocycles. The highest BCUT2D eigenvalue weighted by atomic mass is 35.5. The maximum Gasteiger partial charge on any atom is 0.225 e. The lowest BCUT2D eigenvalue weighted by Gasteiger charge is -2.13. The monoisotopic (exact) mass is 349 g/mol. The van der Waals surface area contributed by atoms with Crippen LogP contribution in [0.1, 0.15) is 12.0 Å². The van der Waals surface area contributed by atoms with Crippen LogP contribution in [0.3, 0.4) is 0 Å². The van der Waals surface area contributed by atoms with Crippen LogP contribution in [0.5, 0.6) is 11.5 Å². The van der Waals surface area contributed by atoms with Crippen molar-refractivity contribution in [1.29, 1.82) is 0 Å². The molecule has 7 heteroatoms. The van der Waals surface area contributed by atoms with Crippen molar-refractivity contribution >= 4 is 23.2 Å². The fraction of sp³-hybridized carbons (Fsp3) is 0.294. The van der Waals surface area contributed by atoms with Crippen molar-refractivity contribution < 1.29 is 14.3 Å². The minimum absolute atomic E-state index is 0.125. The van der Waals surface area contributed by atoms with Crippen LogP contribution in [0, 0.1) is 0 Å². The summed E-state index contributed by atoms with van der Waals surface area (Å²) in [6.45, 7) is 1.25. The summed E-state index contributed by atoms with van der Waals surface area (Å²) in [6, 6.07) is 7.11. The Morgan fingerprint density at radius 1 is 1.17 bits per heavy atom. The predicted octanol–water partition coefficient (Wildman–Crippen LogP) is 2.87. The van der Waals surface area contributed by atoms with Crippen molar-refractivity contribution in [1.82, 2.24) is 10.3 Å². The number of ether oxygens (including phenoxy) is 2. The average Bonchev–Trinajstić information content (AvgIpc) is 2.60. The Bertz CT molecular complexity index is 680. The molecule has 0 fully saturated rings. The largest absolute Gasteiger partial charge is 0.495 e. The van der Waals surface area contributed by atoms with Crippen LogP contribution >= 0.6 is 11.6 Å². The molecule has 0 aliphatic rings. The first kappa shape index (κ1) is 18.0. The van der Waals surface area contributed by atoms with Gasteiger partial charge in [0, 0.05) is 44.0 Å². The van der Waals surface area contributed by atoms with Crippen molar-refractivity contribution in [3.8, 4) is 11.5 Å². The van der Waals surface area contributed by atoms with Gasteiger partial charge in [-0.25, -0.2) is 0 Å². The molecule has 128 valence electrons. The smallest absolute Gasteiger partial charge is 0.225 e. The van der Waals surface area contributed by atoms with Gasteiger partial charge in [-0.3, -0.25) is 9.78 Å². The van der Waals surface area contributed by atoms with Crippen molar-refractivity contribution in [3.05, 3.63) is 47.2 Å². The molecule has 1 amide bonds. The SMILES string of the molecule is COc1cc(NC(=O)CCNCc2ccncc2)c(OC)cc1Cl. The Kier molecular flexibility index (Phi) is 6.84. The first-order valence-corrected chi connectivity index (χ1v) is 7.83. The minimum Gasteiger partial charge on any atom is -0.495 e. The summed E-state index contributed by atoms with van der Waals surface area (Å²) in [6.07, 6.45) is 3.81. The summed E-state index contributed by atoms with van der Waals surface area (Å²) in [7, 11) is 3.03. The summed E-state index contributed by atoms with van der Waals surface area (Å²) >= 11 is 6.05. The molecule has 0 atom stereocenters. The molecule has 1 aromatic heterocycles. The van der Waals surface area contributed by atoms with Gasteiger partial charge in [0.2, 0.25) is 5.91 Å². The van der Waals surface area contributed by atoms with Gasteiger partial charge in [0.1, 0.15) is 11.5 Å². The van der Waals surface area contributed by atoms with E-state index in [0.717, 1.165) is 5.56 Å². The van der Waals surface area contributed by atoms with Crippen LogP contribution in [0.4, 0.5) is 5.69 Å². The van der Waals surface area contributed by atoms with E-state index in [9.17, 15) is 4.79 Å². The Balaban J connectivity index is 1.85. The average molecular weight is 350 g/mol. The van der Waals surface area contributed by atoms with Crippen molar-refractivity contribution in [2.75, 3.05) is 26.1 Å². The number of anilines is 1. The lowest BCUT2D eigenvalue weighted by atomic mass is 10.2. The number of nitrogens with one attached hydrogen (secondary N) is 2. The number of hydrogen-bond acceptors (Lipinski definition) is 5. The summed E-state index contributed by atoms with van der Waals surface area (Å²) < 4.78 is 10.4. The molecule has 2 rings (SSSR count). The van der Waals surface area contributed by atoms with E-state index in [0.29, 0.717) is 41.7 Å². The zero-order chi connectivity index (χ0) is 17.4. The summed E-state index contributed by atoms with van der Waals surface area (Å²) in [5, 5.41) is 6.45. The number of hydrogen-bond donors (Lipinski definition) is 2. The number of pyridine rings is 1. The molecule has 1 heterocycles. The Hall–Kier alpha value is -2.31. The molecule has 2 aromatic rings. The van der Waals surface area contributed by atoms with E-state index < -0.39 is 0 Å². The fourth-order valence-corrected chi connectivity index (χ4v) is 2.34. The Labute approximate surface area is 146 Å². The van der Waals surface area contributed by atoms with Gasteiger partial charge in [0.25, 0.3) is 0 Å². The third kappa shape index (κ3) is 5.11. The van der Waals surface area contributed by atoms with Crippen molar-refractivity contribution in [2.24, 2.45) is 0 Å². The molecule has 6 nitrogen and oxygen atoms in total. The summed E-state index contributed by atoms with van der Waals surface area (Å²) in [4.78, 5) is 16.0. The van der Waals surface area contributed by atoms with E-state index in [-0.39, 0.29) is 5.91 Å². The molecular weight excluding hydrogens is 330 g/mol. The van der Waals surface area contributed by atoms with Crippen molar-refractivity contribution in [2.45, 2.75) is 13.0 Å². The maximum atomic E-state index is 12.1. The van der Waals surface area contributed by atoms with Gasteiger partial charge >= 0.3 is 0 Å². The van der Waals surface area contributed by atoms with E-state index in [4.69, 9.17) is 21.1 Å². The number of methoxy groups -OCH3 is 2. The normalized spacial score (nSPS) is 10.3. The molecule has 0 radical (unpaired) electrons.